The first-order chi connectivity index (χ1) is 10.9. The topological polar surface area (TPSA) is 23.6 Å². The monoisotopic (exact) mass is 386 g/mol. The number of amides is 1. The van der Waals surface area contributed by atoms with Crippen LogP contribution in [-0.2, 0) is 11.3 Å². The number of halogens is 3. The van der Waals surface area contributed by atoms with Crippen molar-refractivity contribution in [3.05, 3.63) is 34.3 Å². The summed E-state index contributed by atoms with van der Waals surface area (Å²) in [5.41, 5.74) is 1.22. The molecule has 0 saturated carbocycles. The third-order valence-corrected chi connectivity index (χ3v) is 5.28. The molecular weight excluding hydrogens is 366 g/mol. The molecule has 126 valence electrons. The summed E-state index contributed by atoms with van der Waals surface area (Å²) in [6, 6.07) is 8.18. The van der Waals surface area contributed by atoms with E-state index < -0.39 is 5.92 Å². The van der Waals surface area contributed by atoms with Crippen LogP contribution in [0.2, 0.25) is 0 Å². The molecule has 0 bridgehead atoms. The highest BCUT2D eigenvalue weighted by Crippen LogP contribution is 2.29. The Labute approximate surface area is 143 Å². The summed E-state index contributed by atoms with van der Waals surface area (Å²) in [6.07, 6.45) is 0.421. The van der Waals surface area contributed by atoms with Crippen molar-refractivity contribution < 1.29 is 13.6 Å². The molecule has 0 radical (unpaired) electrons. The maximum absolute atomic E-state index is 13.2. The highest BCUT2D eigenvalue weighted by Gasteiger charge is 2.38. The van der Waals surface area contributed by atoms with Crippen molar-refractivity contribution in [2.24, 2.45) is 5.92 Å². The summed E-state index contributed by atoms with van der Waals surface area (Å²) >= 11 is 3.42. The number of carbonyl (C=O) groups is 1. The fourth-order valence-corrected chi connectivity index (χ4v) is 3.60. The summed E-state index contributed by atoms with van der Waals surface area (Å²) in [5.74, 6) is -2.59. The van der Waals surface area contributed by atoms with Crippen molar-refractivity contribution in [3.63, 3.8) is 0 Å². The lowest BCUT2D eigenvalue weighted by Crippen LogP contribution is -2.45. The van der Waals surface area contributed by atoms with Crippen molar-refractivity contribution in [2.45, 2.75) is 31.7 Å². The number of carbonyl (C=O) groups excluding carboxylic acids is 1. The molecule has 23 heavy (non-hydrogen) atoms. The minimum absolute atomic E-state index is 0.0443. The largest absolute Gasteiger partial charge is 0.342 e. The summed E-state index contributed by atoms with van der Waals surface area (Å²) in [7, 11) is 0. The lowest BCUT2D eigenvalue weighted by atomic mass is 10.0. The normalized spacial score (nSPS) is 24.8. The molecule has 0 aliphatic carbocycles. The average Bonchev–Trinajstić information content (AvgIpc) is 2.97. The highest BCUT2D eigenvalue weighted by atomic mass is 79.9. The second kappa shape index (κ2) is 6.85. The summed E-state index contributed by atoms with van der Waals surface area (Å²) < 4.78 is 27.5. The van der Waals surface area contributed by atoms with Crippen LogP contribution in [0.1, 0.15) is 24.8 Å². The van der Waals surface area contributed by atoms with Gasteiger partial charge < -0.3 is 4.90 Å². The Kier molecular flexibility index (Phi) is 5.01. The zero-order valence-corrected chi connectivity index (χ0v) is 14.6. The minimum atomic E-state index is -2.60. The van der Waals surface area contributed by atoms with E-state index in [1.807, 2.05) is 12.1 Å². The number of alkyl halides is 2. The molecule has 3 nitrogen and oxygen atoms in total. The minimum Gasteiger partial charge on any atom is -0.342 e. The van der Waals surface area contributed by atoms with Crippen LogP contribution in [0.5, 0.6) is 0 Å². The number of likely N-dealkylation sites (tertiary alicyclic amines) is 2. The molecule has 0 N–H and O–H groups in total. The van der Waals surface area contributed by atoms with E-state index in [1.54, 1.807) is 4.90 Å². The van der Waals surface area contributed by atoms with Gasteiger partial charge in [0.15, 0.2) is 0 Å². The molecule has 3 rings (SSSR count). The lowest BCUT2D eigenvalue weighted by molar-refractivity contribution is -0.141. The molecule has 1 aromatic carbocycles. The number of piperidine rings is 1. The molecule has 2 fully saturated rings. The van der Waals surface area contributed by atoms with Gasteiger partial charge in [-0.2, -0.15) is 0 Å². The van der Waals surface area contributed by atoms with Crippen LogP contribution in [0.15, 0.2) is 28.7 Å². The van der Waals surface area contributed by atoms with E-state index in [1.165, 1.54) is 5.56 Å². The van der Waals surface area contributed by atoms with E-state index >= 15 is 0 Å². The molecular formula is C17H21BrF2N2O. The van der Waals surface area contributed by atoms with Crippen LogP contribution < -0.4 is 0 Å². The summed E-state index contributed by atoms with van der Waals surface area (Å²) in [5, 5.41) is 0. The maximum atomic E-state index is 13.2. The fourth-order valence-electron chi connectivity index (χ4n) is 3.34. The molecule has 1 aromatic rings. The quantitative estimate of drug-likeness (QED) is 0.793. The van der Waals surface area contributed by atoms with Crippen LogP contribution in [0.4, 0.5) is 8.78 Å². The second-order valence-electron chi connectivity index (χ2n) is 6.53. The van der Waals surface area contributed by atoms with Gasteiger partial charge in [0, 0.05) is 43.5 Å². The molecule has 2 aliphatic rings. The van der Waals surface area contributed by atoms with Crippen molar-refractivity contribution in [1.82, 2.24) is 9.80 Å². The molecule has 0 spiro atoms. The molecule has 2 saturated heterocycles. The van der Waals surface area contributed by atoms with Gasteiger partial charge in [0.1, 0.15) is 0 Å². The van der Waals surface area contributed by atoms with Gasteiger partial charge in [0.2, 0.25) is 5.91 Å². The first kappa shape index (κ1) is 16.8. The standard InChI is InChI=1S/C17H21BrF2N2O/c18-15-3-1-13(2-4-15)11-21-8-5-14(12-21)16(23)22-9-6-17(19,20)7-10-22/h1-4,14H,5-12H2. The second-order valence-corrected chi connectivity index (χ2v) is 7.44. The van der Waals surface area contributed by atoms with Gasteiger partial charge in [-0.05, 0) is 30.7 Å². The average molecular weight is 387 g/mol. The molecule has 1 amide bonds. The third-order valence-electron chi connectivity index (χ3n) is 4.75. The summed E-state index contributed by atoms with van der Waals surface area (Å²) in [4.78, 5) is 16.4. The lowest BCUT2D eigenvalue weighted by Gasteiger charge is -2.33. The van der Waals surface area contributed by atoms with Crippen molar-refractivity contribution in [1.29, 1.82) is 0 Å². The van der Waals surface area contributed by atoms with Gasteiger partial charge >= 0.3 is 0 Å². The van der Waals surface area contributed by atoms with E-state index in [0.717, 1.165) is 30.5 Å². The Balaban J connectivity index is 1.51. The van der Waals surface area contributed by atoms with Crippen molar-refractivity contribution in [2.75, 3.05) is 26.2 Å². The van der Waals surface area contributed by atoms with Crippen LogP contribution in [0.25, 0.3) is 0 Å². The van der Waals surface area contributed by atoms with Gasteiger partial charge in [-0.3, -0.25) is 9.69 Å². The van der Waals surface area contributed by atoms with Gasteiger partial charge in [0.05, 0.1) is 5.92 Å². The van der Waals surface area contributed by atoms with E-state index in [9.17, 15) is 13.6 Å². The Morgan fingerprint density at radius 3 is 2.48 bits per heavy atom. The zero-order chi connectivity index (χ0) is 16.4. The Morgan fingerprint density at radius 2 is 1.83 bits per heavy atom. The Morgan fingerprint density at radius 1 is 1.17 bits per heavy atom. The molecule has 0 aromatic heterocycles. The van der Waals surface area contributed by atoms with Crippen LogP contribution in [0.3, 0.4) is 0 Å². The fraction of sp³-hybridized carbons (Fsp3) is 0.588. The van der Waals surface area contributed by atoms with Gasteiger partial charge in [-0.25, -0.2) is 8.78 Å². The molecule has 1 unspecified atom stereocenters. The van der Waals surface area contributed by atoms with Gasteiger partial charge in [-0.15, -0.1) is 0 Å². The molecule has 2 aliphatic heterocycles. The predicted molar refractivity (Wildman–Crippen MR) is 88.3 cm³/mol. The first-order valence-electron chi connectivity index (χ1n) is 8.06. The van der Waals surface area contributed by atoms with Crippen LogP contribution in [0, 0.1) is 5.92 Å². The van der Waals surface area contributed by atoms with E-state index in [4.69, 9.17) is 0 Å². The number of hydrogen-bond donors (Lipinski definition) is 0. The maximum Gasteiger partial charge on any atom is 0.251 e. The zero-order valence-electron chi connectivity index (χ0n) is 13.0. The first-order valence-corrected chi connectivity index (χ1v) is 8.86. The number of nitrogens with zero attached hydrogens (tertiary/aromatic N) is 2. The Hall–Kier alpha value is -1.01. The van der Waals surface area contributed by atoms with Crippen molar-refractivity contribution in [3.8, 4) is 0 Å². The predicted octanol–water partition coefficient (Wildman–Crippen LogP) is 3.53. The third kappa shape index (κ3) is 4.29. The molecule has 2 heterocycles. The van der Waals surface area contributed by atoms with E-state index in [0.29, 0.717) is 0 Å². The highest BCUT2D eigenvalue weighted by molar-refractivity contribution is 9.10. The smallest absolute Gasteiger partial charge is 0.251 e. The van der Waals surface area contributed by atoms with Crippen LogP contribution in [-0.4, -0.2) is 47.8 Å². The van der Waals surface area contributed by atoms with E-state index in [2.05, 4.69) is 33.0 Å². The SMILES string of the molecule is O=C(C1CCN(Cc2ccc(Br)cc2)C1)N1CCC(F)(F)CC1. The molecule has 6 heteroatoms. The number of hydrogen-bond acceptors (Lipinski definition) is 2. The molecule has 1 atom stereocenters. The van der Waals surface area contributed by atoms with Crippen LogP contribution >= 0.6 is 15.9 Å². The Bertz CT molecular complexity index is 554. The number of rotatable bonds is 3. The van der Waals surface area contributed by atoms with Crippen molar-refractivity contribution >= 4 is 21.8 Å². The van der Waals surface area contributed by atoms with E-state index in [-0.39, 0.29) is 37.8 Å². The number of benzene rings is 1. The van der Waals surface area contributed by atoms with Gasteiger partial charge in [0.25, 0.3) is 5.92 Å². The van der Waals surface area contributed by atoms with Gasteiger partial charge in [-0.1, -0.05) is 28.1 Å². The summed E-state index contributed by atoms with van der Waals surface area (Å²) in [6.45, 7) is 2.82.